The molecule has 6 rings (SSSR count). The molecule has 0 unspecified atom stereocenters. The van der Waals surface area contributed by atoms with Crippen molar-refractivity contribution in [3.63, 3.8) is 0 Å². The molecule has 3 heterocycles. The van der Waals surface area contributed by atoms with E-state index < -0.39 is 0 Å². The van der Waals surface area contributed by atoms with Crippen LogP contribution >= 0.6 is 11.8 Å². The maximum atomic E-state index is 4.66. The first-order valence-electron chi connectivity index (χ1n) is 12.2. The summed E-state index contributed by atoms with van der Waals surface area (Å²) in [6, 6.07) is 32.7. The molecule has 0 N–H and O–H groups in total. The quantitative estimate of drug-likeness (QED) is 0.174. The molecule has 0 amide bonds. The smallest absolute Gasteiger partial charge is 0.378 e. The van der Waals surface area contributed by atoms with E-state index in [1.807, 2.05) is 50.8 Å². The topological polar surface area (TPSA) is 34.0 Å². The van der Waals surface area contributed by atoms with Gasteiger partial charge in [0.25, 0.3) is 0 Å². The Bertz CT molecular complexity index is 1760. The number of aromatic nitrogens is 3. The molecule has 0 aliphatic carbocycles. The van der Waals surface area contributed by atoms with E-state index in [0.717, 1.165) is 43.6 Å². The van der Waals surface area contributed by atoms with Crippen LogP contribution in [-0.4, -0.2) is 28.6 Å². The predicted octanol–water partition coefficient (Wildman–Crippen LogP) is 7.67. The van der Waals surface area contributed by atoms with E-state index in [1.54, 1.807) is 11.8 Å². The van der Waals surface area contributed by atoms with Crippen molar-refractivity contribution >= 4 is 39.3 Å². The molecular formula is C32H26N4PtS. The van der Waals surface area contributed by atoms with E-state index in [2.05, 4.69) is 93.9 Å². The number of benzene rings is 3. The monoisotopic (exact) mass is 693 g/mol. The molecule has 0 aliphatic heterocycles. The fraction of sp³-hybridized carbons (Fsp3) is 0.125. The Hall–Kier alpha value is -3.40. The first-order valence-corrected chi connectivity index (χ1v) is 13.0. The first kappa shape index (κ1) is 26.2. The van der Waals surface area contributed by atoms with Gasteiger partial charge in [0, 0.05) is 37.7 Å². The SMILES string of the molecule is Cc1cc(Sc2cc(N(C)C)ccn2)[c-]c(-c2[c-]c3c(cc2)c2cc(C)ccc2n3-c2ccccn2)c1.[Pt+2]. The Morgan fingerprint density at radius 2 is 1.63 bits per heavy atom. The molecule has 0 atom stereocenters. The molecule has 38 heavy (non-hydrogen) atoms. The number of pyridine rings is 2. The van der Waals surface area contributed by atoms with Crippen LogP contribution in [0, 0.1) is 26.0 Å². The summed E-state index contributed by atoms with van der Waals surface area (Å²) in [5.41, 5.74) is 7.70. The molecule has 0 bridgehead atoms. The van der Waals surface area contributed by atoms with Crippen LogP contribution in [0.4, 0.5) is 5.69 Å². The Morgan fingerprint density at radius 1 is 0.763 bits per heavy atom. The predicted molar refractivity (Wildman–Crippen MR) is 154 cm³/mol. The average molecular weight is 694 g/mol. The van der Waals surface area contributed by atoms with Crippen LogP contribution in [0.15, 0.2) is 95.1 Å². The van der Waals surface area contributed by atoms with E-state index >= 15 is 0 Å². The molecule has 0 spiro atoms. The summed E-state index contributed by atoms with van der Waals surface area (Å²) in [5, 5.41) is 3.32. The molecule has 0 fully saturated rings. The van der Waals surface area contributed by atoms with Gasteiger partial charge in [-0.1, -0.05) is 52.7 Å². The van der Waals surface area contributed by atoms with E-state index in [9.17, 15) is 0 Å². The van der Waals surface area contributed by atoms with Gasteiger partial charge >= 0.3 is 21.1 Å². The third-order valence-corrected chi connectivity index (χ3v) is 7.31. The fourth-order valence-corrected chi connectivity index (χ4v) is 5.59. The third kappa shape index (κ3) is 5.01. The van der Waals surface area contributed by atoms with Gasteiger partial charge in [-0.3, -0.25) is 0 Å². The van der Waals surface area contributed by atoms with Gasteiger partial charge in [-0.2, -0.15) is 24.3 Å². The molecule has 0 aliphatic rings. The zero-order valence-corrected chi connectivity index (χ0v) is 24.7. The van der Waals surface area contributed by atoms with Gasteiger partial charge in [-0.05, 0) is 48.2 Å². The van der Waals surface area contributed by atoms with Crippen LogP contribution in [0.3, 0.4) is 0 Å². The van der Waals surface area contributed by atoms with Crippen molar-refractivity contribution < 1.29 is 21.1 Å². The van der Waals surface area contributed by atoms with Crippen LogP contribution in [0.2, 0.25) is 0 Å². The third-order valence-electron chi connectivity index (χ3n) is 6.44. The van der Waals surface area contributed by atoms with Crippen LogP contribution in [-0.2, 0) is 21.1 Å². The second-order valence-corrected chi connectivity index (χ2v) is 10.5. The molecule has 0 saturated heterocycles. The summed E-state index contributed by atoms with van der Waals surface area (Å²) in [5.74, 6) is 0.885. The number of fused-ring (bicyclic) bond motifs is 3. The molecule has 0 radical (unpaired) electrons. The van der Waals surface area contributed by atoms with Gasteiger partial charge in [0.1, 0.15) is 10.8 Å². The molecule has 3 aromatic heterocycles. The molecule has 6 heteroatoms. The van der Waals surface area contributed by atoms with Crippen LogP contribution in [0.1, 0.15) is 11.1 Å². The number of rotatable bonds is 5. The molecular weight excluding hydrogens is 668 g/mol. The number of anilines is 1. The second-order valence-electron chi connectivity index (χ2n) is 9.46. The number of hydrogen-bond acceptors (Lipinski definition) is 4. The van der Waals surface area contributed by atoms with Crippen molar-refractivity contribution in [2.24, 2.45) is 0 Å². The first-order chi connectivity index (χ1) is 18.0. The summed E-state index contributed by atoms with van der Waals surface area (Å²) in [6.45, 7) is 4.25. The van der Waals surface area contributed by atoms with Crippen molar-refractivity contribution in [2.45, 2.75) is 23.8 Å². The normalized spacial score (nSPS) is 11.1. The minimum Gasteiger partial charge on any atom is -0.378 e. The van der Waals surface area contributed by atoms with Crippen molar-refractivity contribution in [3.05, 3.63) is 108 Å². The maximum absolute atomic E-state index is 4.66. The summed E-state index contributed by atoms with van der Waals surface area (Å²) < 4.78 is 2.20. The Morgan fingerprint density at radius 3 is 2.42 bits per heavy atom. The summed E-state index contributed by atoms with van der Waals surface area (Å²) in [6.07, 6.45) is 3.69. The minimum absolute atomic E-state index is 0. The maximum Gasteiger partial charge on any atom is 2.00 e. The summed E-state index contributed by atoms with van der Waals surface area (Å²) >= 11 is 1.63. The number of nitrogens with zero attached hydrogens (tertiary/aromatic N) is 4. The zero-order valence-electron chi connectivity index (χ0n) is 21.6. The molecule has 4 nitrogen and oxygen atoms in total. The number of aryl methyl sites for hydroxylation is 2. The number of hydrogen-bond donors (Lipinski definition) is 0. The van der Waals surface area contributed by atoms with Crippen molar-refractivity contribution in [3.8, 4) is 16.9 Å². The average Bonchev–Trinajstić information content (AvgIpc) is 3.21. The fourth-order valence-electron chi connectivity index (χ4n) is 4.66. The standard InChI is InChI=1S/C32H26N4S.Pt/c1-21-8-11-29-28(17-21)27-10-9-23(19-30(27)36(29)31-7-5-6-13-33-31)24-15-22(2)16-26(18-24)37-32-20-25(35(3)4)12-14-34-32;/h5-17,20H,1-4H3;/q-2;+2. The molecule has 190 valence electrons. The second kappa shape index (κ2) is 10.8. The van der Waals surface area contributed by atoms with E-state index in [4.69, 9.17) is 0 Å². The molecule has 6 aromatic rings. The van der Waals surface area contributed by atoms with E-state index in [1.165, 1.54) is 21.9 Å². The van der Waals surface area contributed by atoms with Crippen molar-refractivity contribution in [2.75, 3.05) is 19.0 Å². The zero-order chi connectivity index (χ0) is 25.5. The van der Waals surface area contributed by atoms with Crippen molar-refractivity contribution in [1.29, 1.82) is 0 Å². The summed E-state index contributed by atoms with van der Waals surface area (Å²) in [7, 11) is 4.08. The van der Waals surface area contributed by atoms with Crippen molar-refractivity contribution in [1.82, 2.24) is 14.5 Å². The van der Waals surface area contributed by atoms with Crippen LogP contribution < -0.4 is 4.90 Å². The minimum atomic E-state index is 0. The van der Waals surface area contributed by atoms with Gasteiger partial charge in [-0.15, -0.1) is 17.7 Å². The summed E-state index contributed by atoms with van der Waals surface area (Å²) in [4.78, 5) is 12.3. The van der Waals surface area contributed by atoms with E-state index in [-0.39, 0.29) is 21.1 Å². The van der Waals surface area contributed by atoms with E-state index in [0.29, 0.717) is 0 Å². The van der Waals surface area contributed by atoms with Gasteiger partial charge in [-0.25, -0.2) is 21.1 Å². The molecule has 3 aromatic carbocycles. The Balaban J connectivity index is 0.00000294. The van der Waals surface area contributed by atoms with Crippen LogP contribution in [0.25, 0.3) is 38.8 Å². The van der Waals surface area contributed by atoms with Gasteiger partial charge < -0.3 is 9.47 Å². The van der Waals surface area contributed by atoms with Gasteiger partial charge in [0.2, 0.25) is 0 Å². The van der Waals surface area contributed by atoms with Crippen LogP contribution in [0.5, 0.6) is 0 Å². The Kier molecular flexibility index (Phi) is 7.42. The Labute approximate surface area is 242 Å². The van der Waals surface area contributed by atoms with Gasteiger partial charge in [0.05, 0.1) is 0 Å². The molecule has 0 saturated carbocycles. The van der Waals surface area contributed by atoms with Gasteiger partial charge in [0.15, 0.2) is 0 Å². The largest absolute Gasteiger partial charge is 2.00 e.